The molecule has 0 aromatic rings. The van der Waals surface area contributed by atoms with Crippen LogP contribution >= 0.6 is 0 Å². The molecule has 0 bridgehead atoms. The first-order valence-electron chi connectivity index (χ1n) is 4.92. The Kier molecular flexibility index (Phi) is 104. The summed E-state index contributed by atoms with van der Waals surface area (Å²) in [6, 6.07) is 1.99. The zero-order chi connectivity index (χ0) is 16.0. The third-order valence-electron chi connectivity index (χ3n) is 0.670. The van der Waals surface area contributed by atoms with E-state index in [2.05, 4.69) is 18.8 Å². The standard InChI is InChI=1S/C4H8N2.C3H9NO.C2H7N.CH2N.CH2O.H2O/c1-6(2)4-3-5;1-4(2)3-5;1-3-2;2*1-2;/h4H2,1-2H3;5H,3H2,1-2H3;3H,1-2H3;1-2H;1H2;1H2/q;;;+1;;. The molecule has 0 aliphatic carbocycles. The van der Waals surface area contributed by atoms with Gasteiger partial charge in [0, 0.05) is 0 Å². The molecule has 0 aromatic heterocycles. The van der Waals surface area contributed by atoms with E-state index in [9.17, 15) is 0 Å². The summed E-state index contributed by atoms with van der Waals surface area (Å²) in [7, 11) is 11.1. The molecule has 0 heterocycles. The van der Waals surface area contributed by atoms with Gasteiger partial charge in [-0.05, 0) is 42.3 Å². The summed E-state index contributed by atoms with van der Waals surface area (Å²) in [5.74, 6) is 0. The van der Waals surface area contributed by atoms with Crippen LogP contribution in [0.4, 0.5) is 0 Å². The van der Waals surface area contributed by atoms with E-state index in [1.165, 1.54) is 0 Å². The molecule has 0 radical (unpaired) electrons. The lowest BCUT2D eigenvalue weighted by Gasteiger charge is -1.99. The van der Waals surface area contributed by atoms with Gasteiger partial charge >= 0.3 is 6.72 Å². The summed E-state index contributed by atoms with van der Waals surface area (Å²) in [5, 5.41) is 24.0. The van der Waals surface area contributed by atoms with Crippen molar-refractivity contribution in [2.45, 2.75) is 0 Å². The van der Waals surface area contributed by atoms with Crippen LogP contribution in [0.15, 0.2) is 0 Å². The van der Waals surface area contributed by atoms with Crippen molar-refractivity contribution in [3.63, 3.8) is 0 Å². The zero-order valence-corrected chi connectivity index (χ0v) is 12.9. The maximum absolute atomic E-state index is 8.07. The molecule has 5 N–H and O–H groups in total. The third kappa shape index (κ3) is 279. The molecule has 116 valence electrons. The largest absolute Gasteiger partial charge is 0.870 e. The van der Waals surface area contributed by atoms with E-state index in [1.807, 2.05) is 39.2 Å². The zero-order valence-electron chi connectivity index (χ0n) is 12.9. The van der Waals surface area contributed by atoms with Crippen LogP contribution in [0.25, 0.3) is 0 Å². The van der Waals surface area contributed by atoms with E-state index in [0.29, 0.717) is 6.54 Å². The van der Waals surface area contributed by atoms with Crippen LogP contribution in [0.2, 0.25) is 0 Å². The quantitative estimate of drug-likeness (QED) is 0.198. The fourth-order valence-electron chi connectivity index (χ4n) is 0.141. The van der Waals surface area contributed by atoms with Crippen molar-refractivity contribution in [2.75, 3.05) is 55.6 Å². The fraction of sp³-hybridized carbons (Fsp3) is 0.727. The first-order chi connectivity index (χ1) is 8.45. The van der Waals surface area contributed by atoms with Crippen LogP contribution in [-0.2, 0) is 0 Å². The molecule has 0 saturated carbocycles. The highest BCUT2D eigenvalue weighted by Gasteiger charge is 1.78. The van der Waals surface area contributed by atoms with Crippen LogP contribution in [-0.4, -0.2) is 94.2 Å². The van der Waals surface area contributed by atoms with Gasteiger partial charge in [0.25, 0.3) is 6.79 Å². The Morgan fingerprint density at radius 1 is 1.21 bits per heavy atom. The van der Waals surface area contributed by atoms with E-state index in [1.54, 1.807) is 19.0 Å². The number of rotatable bonds is 2. The van der Waals surface area contributed by atoms with Gasteiger partial charge in [-0.15, -0.1) is 0 Å². The first-order valence-corrected chi connectivity index (χ1v) is 4.92. The monoisotopic (exact) mass is 280 g/mol. The summed E-state index contributed by atoms with van der Waals surface area (Å²) in [6.45, 7) is 6.65. The van der Waals surface area contributed by atoms with Crippen LogP contribution in [0.3, 0.4) is 0 Å². The van der Waals surface area contributed by atoms with Crippen molar-refractivity contribution in [3.8, 4) is 6.07 Å². The molecular weight excluding hydrogens is 250 g/mol. The molecule has 0 spiro atoms. The first kappa shape index (κ1) is 36.0. The molecule has 0 unspecified atom stereocenters. The topological polar surface area (TPSA) is 138 Å². The predicted molar refractivity (Wildman–Crippen MR) is 79.7 cm³/mol. The van der Waals surface area contributed by atoms with Crippen LogP contribution < -0.4 is 5.32 Å². The molecule has 19 heavy (non-hydrogen) atoms. The Morgan fingerprint density at radius 3 is 1.42 bits per heavy atom. The number of hydrogen-bond acceptors (Lipinski definition) is 7. The van der Waals surface area contributed by atoms with Gasteiger partial charge in [0.1, 0.15) is 0 Å². The Labute approximate surface area is 117 Å². The van der Waals surface area contributed by atoms with Crippen LogP contribution in [0.5, 0.6) is 0 Å². The van der Waals surface area contributed by atoms with Gasteiger partial charge in [-0.1, -0.05) is 5.41 Å². The van der Waals surface area contributed by atoms with E-state index in [4.69, 9.17) is 20.6 Å². The van der Waals surface area contributed by atoms with Crippen molar-refractivity contribution in [3.05, 3.63) is 0 Å². The van der Waals surface area contributed by atoms with Crippen molar-refractivity contribution in [1.29, 1.82) is 10.7 Å². The fourth-order valence-corrected chi connectivity index (χ4v) is 0.141. The Bertz CT molecular complexity index is 150. The molecule has 0 rings (SSSR count). The second-order valence-corrected chi connectivity index (χ2v) is 3.12. The molecule has 0 aromatic carbocycles. The molecule has 0 aliphatic rings. The van der Waals surface area contributed by atoms with E-state index >= 15 is 0 Å². The number of aliphatic hydroxyl groups is 1. The summed E-state index contributed by atoms with van der Waals surface area (Å²) < 4.78 is 0. The summed E-state index contributed by atoms with van der Waals surface area (Å²) in [5.41, 5.74) is 0. The predicted octanol–water partition coefficient (Wildman–Crippen LogP) is -0.838. The average Bonchev–Trinajstić information content (AvgIpc) is 2.35. The van der Waals surface area contributed by atoms with Gasteiger partial charge in [0.05, 0.1) is 19.3 Å². The SMILES string of the molecule is C=[OH+].CN(C)CC#N.CN(C)CO.CNC.[CH+]=N.[OH-]. The van der Waals surface area contributed by atoms with Crippen LogP contribution in [0.1, 0.15) is 0 Å². The van der Waals surface area contributed by atoms with E-state index in [0.717, 1.165) is 0 Å². The number of nitriles is 1. The minimum atomic E-state index is 0. The Hall–Kier alpha value is -1.46. The molecule has 0 fully saturated rings. The molecule has 0 atom stereocenters. The highest BCUT2D eigenvalue weighted by Crippen LogP contribution is 1.64. The summed E-state index contributed by atoms with van der Waals surface area (Å²) in [6.07, 6.45) is 0. The van der Waals surface area contributed by atoms with Crippen LogP contribution in [0, 0.1) is 16.7 Å². The van der Waals surface area contributed by atoms with Crippen molar-refractivity contribution in [1.82, 2.24) is 15.1 Å². The lowest BCUT2D eigenvalue weighted by Crippen LogP contribution is -2.11. The van der Waals surface area contributed by atoms with Crippen molar-refractivity contribution in [2.24, 2.45) is 0 Å². The maximum Gasteiger partial charge on any atom is 0.338 e. The number of hydrogen-bond donors (Lipinski definition) is 3. The molecule has 0 aliphatic heterocycles. The molecule has 8 nitrogen and oxygen atoms in total. The number of carbonyl (C=O) groups excluding carboxylic acids is 1. The van der Waals surface area contributed by atoms with Gasteiger partial charge in [0.2, 0.25) is 0 Å². The van der Waals surface area contributed by atoms with Gasteiger partial charge in [-0.3, -0.25) is 14.6 Å². The second-order valence-electron chi connectivity index (χ2n) is 3.12. The highest BCUT2D eigenvalue weighted by atomic mass is 16.3. The van der Waals surface area contributed by atoms with E-state index < -0.39 is 0 Å². The maximum atomic E-state index is 8.07. The van der Waals surface area contributed by atoms with E-state index in [-0.39, 0.29) is 12.2 Å². The smallest absolute Gasteiger partial charge is 0.338 e. The number of nitrogens with zero attached hydrogens (tertiary/aromatic N) is 3. The number of aliphatic hydroxyl groups excluding tert-OH is 1. The molecule has 8 heteroatoms. The highest BCUT2D eigenvalue weighted by molar-refractivity contribution is 5.15. The molecule has 0 saturated heterocycles. The number of nitrogens with one attached hydrogen (secondary N) is 2. The van der Waals surface area contributed by atoms with Gasteiger partial charge in [-0.2, -0.15) is 5.26 Å². The normalized spacial score (nSPS) is 6.47. The minimum Gasteiger partial charge on any atom is -0.870 e. The molecule has 0 amide bonds. The minimum absolute atomic E-state index is 0. The lowest BCUT2D eigenvalue weighted by atomic mass is 10.7. The average molecular weight is 280 g/mol. The van der Waals surface area contributed by atoms with Gasteiger partial charge in [0.15, 0.2) is 0 Å². The third-order valence-corrected chi connectivity index (χ3v) is 0.670. The summed E-state index contributed by atoms with van der Waals surface area (Å²) in [4.78, 5) is 10.2. The molecular formula is C11H30N5O3+. The Balaban J connectivity index is -0.0000000297. The second kappa shape index (κ2) is 54.8. The van der Waals surface area contributed by atoms with Crippen molar-refractivity contribution >= 4 is 13.5 Å². The summed E-state index contributed by atoms with van der Waals surface area (Å²) >= 11 is 0. The van der Waals surface area contributed by atoms with Crippen molar-refractivity contribution < 1.29 is 15.4 Å². The lowest BCUT2D eigenvalue weighted by molar-refractivity contribution is 0.157. The van der Waals surface area contributed by atoms with Gasteiger partial charge < -0.3 is 15.9 Å². The Morgan fingerprint density at radius 2 is 1.42 bits per heavy atom. The van der Waals surface area contributed by atoms with Gasteiger partial charge in [-0.25, -0.2) is 0 Å².